The van der Waals surface area contributed by atoms with Crippen LogP contribution in [0.5, 0.6) is 0 Å². The Morgan fingerprint density at radius 3 is 2.33 bits per heavy atom. The molecule has 2 unspecified atom stereocenters. The molecule has 2 atom stereocenters. The molecule has 2 aliphatic rings. The number of rotatable bonds is 0. The van der Waals surface area contributed by atoms with Crippen LogP contribution in [0.2, 0.25) is 0 Å². The first-order valence-electron chi connectivity index (χ1n) is 3.47. The molecule has 52 valence electrons. The molecule has 0 saturated carbocycles. The summed E-state index contributed by atoms with van der Waals surface area (Å²) in [6.07, 6.45) is 0. The molecule has 2 fully saturated rings. The Bertz CT molecular complexity index is 106. The summed E-state index contributed by atoms with van der Waals surface area (Å²) in [4.78, 5) is 0. The van der Waals surface area contributed by atoms with Crippen molar-refractivity contribution in [3.05, 3.63) is 0 Å². The predicted molar refractivity (Wildman–Crippen MR) is 32.5 cm³/mol. The minimum atomic E-state index is 0.593. The van der Waals surface area contributed by atoms with Crippen LogP contribution in [0.1, 0.15) is 0 Å². The quantitative estimate of drug-likeness (QED) is 0.465. The molecule has 0 amide bonds. The Morgan fingerprint density at radius 2 is 1.78 bits per heavy atom. The fourth-order valence-corrected chi connectivity index (χ4v) is 1.80. The number of halogens is 1. The second kappa shape index (κ2) is 1.92. The van der Waals surface area contributed by atoms with Gasteiger partial charge in [-0.15, -0.1) is 9.60 Å². The molecule has 2 nitrogen and oxygen atoms in total. The van der Waals surface area contributed by atoms with E-state index in [1.165, 1.54) is 0 Å². The third kappa shape index (κ3) is 0.843. The topological polar surface area (TPSA) is 15.3 Å². The van der Waals surface area contributed by atoms with Gasteiger partial charge >= 0.3 is 0 Å². The molecule has 0 aromatic carbocycles. The van der Waals surface area contributed by atoms with Gasteiger partial charge in [0.15, 0.2) is 0 Å². The number of hydrogen-bond donors (Lipinski definition) is 1. The summed E-state index contributed by atoms with van der Waals surface area (Å²) in [5.41, 5.74) is 0. The predicted octanol–water partition coefficient (Wildman–Crippen LogP) is 0.0221. The van der Waals surface area contributed by atoms with Gasteiger partial charge in [-0.1, -0.05) is 0 Å². The van der Waals surface area contributed by atoms with Gasteiger partial charge in [0, 0.05) is 13.1 Å². The van der Waals surface area contributed by atoms with E-state index in [9.17, 15) is 4.48 Å². The van der Waals surface area contributed by atoms with Crippen LogP contribution in [-0.4, -0.2) is 31.3 Å². The van der Waals surface area contributed by atoms with E-state index in [0.29, 0.717) is 24.9 Å². The van der Waals surface area contributed by atoms with Crippen molar-refractivity contribution in [3.8, 4) is 0 Å². The lowest BCUT2D eigenvalue weighted by molar-refractivity contribution is 0.0473. The first-order chi connectivity index (χ1) is 4.36. The van der Waals surface area contributed by atoms with E-state index >= 15 is 0 Å². The molecule has 2 saturated heterocycles. The van der Waals surface area contributed by atoms with Gasteiger partial charge in [0.25, 0.3) is 0 Å². The summed E-state index contributed by atoms with van der Waals surface area (Å²) < 4.78 is 12.5. The molecule has 9 heavy (non-hydrogen) atoms. The van der Waals surface area contributed by atoms with Gasteiger partial charge in [-0.25, -0.2) is 0 Å². The van der Waals surface area contributed by atoms with Crippen LogP contribution in [0, 0.1) is 11.8 Å². The van der Waals surface area contributed by atoms with E-state index in [2.05, 4.69) is 5.32 Å². The average Bonchev–Trinajstić information content (AvgIpc) is 2.22. The Balaban J connectivity index is 2.02. The van der Waals surface area contributed by atoms with E-state index in [1.54, 1.807) is 0 Å². The van der Waals surface area contributed by atoms with Crippen molar-refractivity contribution in [1.82, 2.24) is 10.4 Å². The van der Waals surface area contributed by atoms with Gasteiger partial charge in [0.2, 0.25) is 0 Å². The molecule has 2 aliphatic heterocycles. The standard InChI is InChI=1S/C6H11FN2/c7-9-3-5-1-8-2-6(5)4-9/h5-6,8H,1-4H2. The summed E-state index contributed by atoms with van der Waals surface area (Å²) in [6, 6.07) is 0. The van der Waals surface area contributed by atoms with E-state index in [-0.39, 0.29) is 0 Å². The molecular weight excluding hydrogens is 119 g/mol. The lowest BCUT2D eigenvalue weighted by atomic mass is 10.0. The summed E-state index contributed by atoms with van der Waals surface area (Å²) in [5, 5.41) is 4.19. The molecule has 0 aromatic heterocycles. The van der Waals surface area contributed by atoms with E-state index in [1.807, 2.05) is 0 Å². The maximum atomic E-state index is 12.5. The van der Waals surface area contributed by atoms with Crippen molar-refractivity contribution in [1.29, 1.82) is 0 Å². The van der Waals surface area contributed by atoms with Crippen molar-refractivity contribution in [2.45, 2.75) is 0 Å². The van der Waals surface area contributed by atoms with Crippen molar-refractivity contribution < 1.29 is 4.48 Å². The molecule has 3 heteroatoms. The third-order valence-corrected chi connectivity index (χ3v) is 2.34. The fraction of sp³-hybridized carbons (Fsp3) is 1.00. The molecule has 0 aromatic rings. The Labute approximate surface area is 54.0 Å². The summed E-state index contributed by atoms with van der Waals surface area (Å²) >= 11 is 0. The minimum absolute atomic E-state index is 0.593. The third-order valence-electron chi connectivity index (χ3n) is 2.34. The Kier molecular flexibility index (Phi) is 1.20. The van der Waals surface area contributed by atoms with Crippen LogP contribution >= 0.6 is 0 Å². The average molecular weight is 130 g/mol. The second-order valence-electron chi connectivity index (χ2n) is 3.01. The van der Waals surface area contributed by atoms with Crippen LogP contribution in [0.15, 0.2) is 0 Å². The lowest BCUT2D eigenvalue weighted by Gasteiger charge is -2.01. The van der Waals surface area contributed by atoms with Crippen LogP contribution in [0.4, 0.5) is 4.48 Å². The van der Waals surface area contributed by atoms with Crippen LogP contribution in [-0.2, 0) is 0 Å². The Morgan fingerprint density at radius 1 is 1.22 bits per heavy atom. The molecule has 0 radical (unpaired) electrons. The van der Waals surface area contributed by atoms with Crippen LogP contribution in [0.25, 0.3) is 0 Å². The van der Waals surface area contributed by atoms with Crippen molar-refractivity contribution in [3.63, 3.8) is 0 Å². The lowest BCUT2D eigenvalue weighted by Crippen LogP contribution is -2.18. The highest BCUT2D eigenvalue weighted by Gasteiger charge is 2.36. The minimum Gasteiger partial charge on any atom is -0.316 e. The Hall–Kier alpha value is -0.150. The maximum absolute atomic E-state index is 12.5. The molecule has 0 spiro atoms. The van der Waals surface area contributed by atoms with Gasteiger partial charge in [-0.2, -0.15) is 0 Å². The van der Waals surface area contributed by atoms with Crippen molar-refractivity contribution in [2.75, 3.05) is 26.2 Å². The van der Waals surface area contributed by atoms with Gasteiger partial charge in [0.05, 0.1) is 0 Å². The molecular formula is C6H11FN2. The number of hydrogen-bond acceptors (Lipinski definition) is 2. The highest BCUT2D eigenvalue weighted by molar-refractivity contribution is 4.88. The zero-order valence-corrected chi connectivity index (χ0v) is 5.31. The van der Waals surface area contributed by atoms with Gasteiger partial charge in [0.1, 0.15) is 0 Å². The van der Waals surface area contributed by atoms with E-state index < -0.39 is 0 Å². The van der Waals surface area contributed by atoms with E-state index in [0.717, 1.165) is 18.2 Å². The summed E-state index contributed by atoms with van der Waals surface area (Å²) in [7, 11) is 0. The largest absolute Gasteiger partial charge is 0.316 e. The van der Waals surface area contributed by atoms with E-state index in [4.69, 9.17) is 0 Å². The van der Waals surface area contributed by atoms with Crippen molar-refractivity contribution >= 4 is 0 Å². The fourth-order valence-electron chi connectivity index (χ4n) is 1.80. The smallest absolute Gasteiger partial charge is 0.0334 e. The molecule has 0 aliphatic carbocycles. The SMILES string of the molecule is FN1CC2CNCC2C1. The summed E-state index contributed by atoms with van der Waals surface area (Å²) in [6.45, 7) is 3.34. The molecule has 2 heterocycles. The van der Waals surface area contributed by atoms with Gasteiger partial charge in [-0.3, -0.25) is 0 Å². The van der Waals surface area contributed by atoms with Crippen molar-refractivity contribution in [2.24, 2.45) is 11.8 Å². The highest BCUT2D eigenvalue weighted by atomic mass is 19.2. The highest BCUT2D eigenvalue weighted by Crippen LogP contribution is 2.25. The summed E-state index contributed by atoms with van der Waals surface area (Å²) in [5.74, 6) is 1.19. The molecule has 2 rings (SSSR count). The zero-order valence-electron chi connectivity index (χ0n) is 5.31. The normalized spacial score (nSPS) is 43.7. The van der Waals surface area contributed by atoms with Crippen LogP contribution in [0.3, 0.4) is 0 Å². The van der Waals surface area contributed by atoms with Gasteiger partial charge < -0.3 is 5.32 Å². The number of nitrogens with zero attached hydrogens (tertiary/aromatic N) is 1. The monoisotopic (exact) mass is 130 g/mol. The van der Waals surface area contributed by atoms with Gasteiger partial charge in [-0.05, 0) is 24.9 Å². The maximum Gasteiger partial charge on any atom is 0.0334 e. The number of fused-ring (bicyclic) bond motifs is 1. The first kappa shape index (κ1) is 5.62. The molecule has 1 N–H and O–H groups in total. The zero-order chi connectivity index (χ0) is 6.27. The van der Waals surface area contributed by atoms with Crippen LogP contribution < -0.4 is 5.32 Å². The number of nitrogens with one attached hydrogen (secondary N) is 1. The second-order valence-corrected chi connectivity index (χ2v) is 3.01. The first-order valence-corrected chi connectivity index (χ1v) is 3.47. The molecule has 0 bridgehead atoms.